The SMILES string of the molecule is CC1CN(C)CCN1c1nc(CO)cc2ccccc12. The van der Waals surface area contributed by atoms with Crippen LogP contribution in [0.15, 0.2) is 30.3 Å². The van der Waals surface area contributed by atoms with Crippen LogP contribution in [0, 0.1) is 0 Å². The molecule has 1 aromatic carbocycles. The lowest BCUT2D eigenvalue weighted by Crippen LogP contribution is -2.51. The van der Waals surface area contributed by atoms with Gasteiger partial charge in [-0.3, -0.25) is 0 Å². The number of pyridine rings is 1. The summed E-state index contributed by atoms with van der Waals surface area (Å²) in [4.78, 5) is 9.38. The molecule has 3 rings (SSSR count). The number of piperazine rings is 1. The van der Waals surface area contributed by atoms with Crippen LogP contribution in [-0.2, 0) is 6.61 Å². The van der Waals surface area contributed by atoms with Crippen LogP contribution in [-0.4, -0.2) is 47.7 Å². The summed E-state index contributed by atoms with van der Waals surface area (Å²) in [5, 5.41) is 11.8. The molecule has 1 atom stereocenters. The molecule has 1 aliphatic rings. The molecule has 2 aromatic rings. The summed E-state index contributed by atoms with van der Waals surface area (Å²) in [5.74, 6) is 1.01. The van der Waals surface area contributed by atoms with Crippen molar-refractivity contribution in [2.45, 2.75) is 19.6 Å². The third-order valence-electron chi connectivity index (χ3n) is 4.04. The molecule has 0 bridgehead atoms. The molecule has 4 heteroatoms. The molecule has 0 saturated carbocycles. The molecule has 0 radical (unpaired) electrons. The molecule has 1 unspecified atom stereocenters. The number of fused-ring (bicyclic) bond motifs is 1. The Morgan fingerprint density at radius 1 is 1.30 bits per heavy atom. The van der Waals surface area contributed by atoms with E-state index >= 15 is 0 Å². The number of likely N-dealkylation sites (N-methyl/N-ethyl adjacent to an activating group) is 1. The number of aliphatic hydroxyl groups is 1. The Kier molecular flexibility index (Phi) is 3.59. The zero-order valence-corrected chi connectivity index (χ0v) is 12.1. The predicted molar refractivity (Wildman–Crippen MR) is 82.0 cm³/mol. The van der Waals surface area contributed by atoms with E-state index in [4.69, 9.17) is 0 Å². The van der Waals surface area contributed by atoms with Gasteiger partial charge in [-0.15, -0.1) is 0 Å². The molecular weight excluding hydrogens is 250 g/mol. The van der Waals surface area contributed by atoms with E-state index in [9.17, 15) is 5.11 Å². The van der Waals surface area contributed by atoms with Crippen molar-refractivity contribution < 1.29 is 5.11 Å². The molecule has 0 amide bonds. The second-order valence-corrected chi connectivity index (χ2v) is 5.62. The fourth-order valence-electron chi connectivity index (χ4n) is 2.99. The normalized spacial score (nSPS) is 20.6. The van der Waals surface area contributed by atoms with Crippen LogP contribution in [0.1, 0.15) is 12.6 Å². The minimum atomic E-state index is -0.0139. The molecule has 0 spiro atoms. The predicted octanol–water partition coefficient (Wildman–Crippen LogP) is 1.87. The lowest BCUT2D eigenvalue weighted by molar-refractivity contribution is 0.271. The molecule has 1 saturated heterocycles. The lowest BCUT2D eigenvalue weighted by Gasteiger charge is -2.39. The maximum Gasteiger partial charge on any atom is 0.137 e. The van der Waals surface area contributed by atoms with Gasteiger partial charge in [0, 0.05) is 31.1 Å². The Morgan fingerprint density at radius 2 is 2.10 bits per heavy atom. The Bertz CT molecular complexity index is 614. The highest BCUT2D eigenvalue weighted by atomic mass is 16.3. The van der Waals surface area contributed by atoms with E-state index in [-0.39, 0.29) is 6.61 Å². The van der Waals surface area contributed by atoms with Crippen LogP contribution in [0.2, 0.25) is 0 Å². The van der Waals surface area contributed by atoms with Gasteiger partial charge in [0.25, 0.3) is 0 Å². The molecule has 1 N–H and O–H groups in total. The smallest absolute Gasteiger partial charge is 0.137 e. The van der Waals surface area contributed by atoms with Crippen molar-refractivity contribution in [1.82, 2.24) is 9.88 Å². The lowest BCUT2D eigenvalue weighted by atomic mass is 10.1. The number of hydrogen-bond acceptors (Lipinski definition) is 4. The van der Waals surface area contributed by atoms with Crippen LogP contribution in [0.25, 0.3) is 10.8 Å². The summed E-state index contributed by atoms with van der Waals surface area (Å²) in [6.45, 7) is 5.28. The minimum Gasteiger partial charge on any atom is -0.390 e. The summed E-state index contributed by atoms with van der Waals surface area (Å²) in [6.07, 6.45) is 0. The third kappa shape index (κ3) is 2.37. The maximum atomic E-state index is 9.44. The maximum absolute atomic E-state index is 9.44. The summed E-state index contributed by atoms with van der Waals surface area (Å²) in [7, 11) is 2.16. The van der Waals surface area contributed by atoms with Crippen LogP contribution < -0.4 is 4.90 Å². The molecule has 2 heterocycles. The molecular formula is C16H21N3O. The molecule has 1 aromatic heterocycles. The monoisotopic (exact) mass is 271 g/mol. The number of aliphatic hydroxyl groups excluding tert-OH is 1. The first-order valence-electron chi connectivity index (χ1n) is 7.13. The molecule has 4 nitrogen and oxygen atoms in total. The Balaban J connectivity index is 2.09. The Hall–Kier alpha value is -1.65. The van der Waals surface area contributed by atoms with Gasteiger partial charge in [-0.25, -0.2) is 4.98 Å². The van der Waals surface area contributed by atoms with Gasteiger partial charge >= 0.3 is 0 Å². The third-order valence-corrected chi connectivity index (χ3v) is 4.04. The average molecular weight is 271 g/mol. The number of aromatic nitrogens is 1. The largest absolute Gasteiger partial charge is 0.390 e. The van der Waals surface area contributed by atoms with E-state index in [1.807, 2.05) is 18.2 Å². The van der Waals surface area contributed by atoms with E-state index in [0.29, 0.717) is 6.04 Å². The second kappa shape index (κ2) is 5.38. The number of nitrogens with zero attached hydrogens (tertiary/aromatic N) is 3. The van der Waals surface area contributed by atoms with Crippen molar-refractivity contribution in [3.8, 4) is 0 Å². The van der Waals surface area contributed by atoms with Gasteiger partial charge in [-0.2, -0.15) is 0 Å². The standard InChI is InChI=1S/C16H21N3O/c1-12-10-18(2)7-8-19(12)16-15-6-4-3-5-13(15)9-14(11-20)17-16/h3-6,9,12,20H,7-8,10-11H2,1-2H3. The van der Waals surface area contributed by atoms with Crippen LogP contribution >= 0.6 is 0 Å². The van der Waals surface area contributed by atoms with Crippen molar-refractivity contribution in [3.05, 3.63) is 36.0 Å². The first-order chi connectivity index (χ1) is 9.69. The van der Waals surface area contributed by atoms with Crippen molar-refractivity contribution in [2.75, 3.05) is 31.6 Å². The van der Waals surface area contributed by atoms with Crippen LogP contribution in [0.4, 0.5) is 5.82 Å². The molecule has 0 aliphatic carbocycles. The highest BCUT2D eigenvalue weighted by Gasteiger charge is 2.24. The van der Waals surface area contributed by atoms with Gasteiger partial charge in [0.05, 0.1) is 12.3 Å². The molecule has 1 aliphatic heterocycles. The van der Waals surface area contributed by atoms with Gasteiger partial charge in [0.1, 0.15) is 5.82 Å². The first-order valence-corrected chi connectivity index (χ1v) is 7.13. The van der Waals surface area contributed by atoms with Crippen LogP contribution in [0.5, 0.6) is 0 Å². The van der Waals surface area contributed by atoms with Crippen molar-refractivity contribution >= 4 is 16.6 Å². The highest BCUT2D eigenvalue weighted by molar-refractivity contribution is 5.92. The van der Waals surface area contributed by atoms with Crippen molar-refractivity contribution in [2.24, 2.45) is 0 Å². The fraction of sp³-hybridized carbons (Fsp3) is 0.438. The second-order valence-electron chi connectivity index (χ2n) is 5.62. The van der Waals surface area contributed by atoms with Gasteiger partial charge in [0.15, 0.2) is 0 Å². The number of rotatable bonds is 2. The number of anilines is 1. The van der Waals surface area contributed by atoms with Gasteiger partial charge in [-0.05, 0) is 25.4 Å². The van der Waals surface area contributed by atoms with Gasteiger partial charge in [-0.1, -0.05) is 24.3 Å². The fourth-order valence-corrected chi connectivity index (χ4v) is 2.99. The van der Waals surface area contributed by atoms with Crippen molar-refractivity contribution in [3.63, 3.8) is 0 Å². The topological polar surface area (TPSA) is 39.6 Å². The van der Waals surface area contributed by atoms with E-state index in [1.165, 1.54) is 5.39 Å². The highest BCUT2D eigenvalue weighted by Crippen LogP contribution is 2.28. The number of hydrogen-bond donors (Lipinski definition) is 1. The summed E-state index contributed by atoms with van der Waals surface area (Å²) < 4.78 is 0. The summed E-state index contributed by atoms with van der Waals surface area (Å²) in [5.41, 5.74) is 0.741. The Labute approximate surface area is 119 Å². The van der Waals surface area contributed by atoms with E-state index in [2.05, 4.69) is 40.9 Å². The zero-order chi connectivity index (χ0) is 14.1. The first kappa shape index (κ1) is 13.3. The molecule has 106 valence electrons. The molecule has 20 heavy (non-hydrogen) atoms. The van der Waals surface area contributed by atoms with E-state index in [1.54, 1.807) is 0 Å². The van der Waals surface area contributed by atoms with Gasteiger partial charge in [0.2, 0.25) is 0 Å². The van der Waals surface area contributed by atoms with Crippen LogP contribution in [0.3, 0.4) is 0 Å². The number of benzene rings is 1. The minimum absolute atomic E-state index is 0.0139. The quantitative estimate of drug-likeness (QED) is 0.905. The van der Waals surface area contributed by atoms with Crippen molar-refractivity contribution in [1.29, 1.82) is 0 Å². The molecule has 1 fully saturated rings. The van der Waals surface area contributed by atoms with Gasteiger partial charge < -0.3 is 14.9 Å². The van der Waals surface area contributed by atoms with E-state index in [0.717, 1.165) is 36.5 Å². The zero-order valence-electron chi connectivity index (χ0n) is 12.1. The average Bonchev–Trinajstić information content (AvgIpc) is 2.46. The summed E-state index contributed by atoms with van der Waals surface area (Å²) in [6, 6.07) is 10.7. The van der Waals surface area contributed by atoms with E-state index < -0.39 is 0 Å². The summed E-state index contributed by atoms with van der Waals surface area (Å²) >= 11 is 0. The Morgan fingerprint density at radius 3 is 2.85 bits per heavy atom.